The first-order valence-electron chi connectivity index (χ1n) is 6.36. The Morgan fingerprint density at radius 2 is 1.75 bits per heavy atom. The van der Waals surface area contributed by atoms with Gasteiger partial charge in [-0.2, -0.15) is 26.3 Å². The predicted molar refractivity (Wildman–Crippen MR) is 69.9 cm³/mol. The summed E-state index contributed by atoms with van der Waals surface area (Å²) >= 11 is 0. The highest BCUT2D eigenvalue weighted by atomic mass is 19.4. The number of alkyl halides is 6. The summed E-state index contributed by atoms with van der Waals surface area (Å²) in [7, 11) is 0. The third-order valence-corrected chi connectivity index (χ3v) is 3.18. The molecule has 128 valence electrons. The Hall–Kier alpha value is -2.65. The summed E-state index contributed by atoms with van der Waals surface area (Å²) in [6, 6.07) is 2.17. The van der Waals surface area contributed by atoms with E-state index in [0.717, 1.165) is 30.7 Å². The van der Waals surface area contributed by atoms with Crippen LogP contribution in [0.2, 0.25) is 0 Å². The van der Waals surface area contributed by atoms with Crippen LogP contribution in [0.4, 0.5) is 26.3 Å². The van der Waals surface area contributed by atoms with E-state index in [1.165, 1.54) is 0 Å². The van der Waals surface area contributed by atoms with Gasteiger partial charge in [0.25, 0.3) is 5.91 Å². The number of carbonyl (C=O) groups is 1. The number of primary amides is 1. The van der Waals surface area contributed by atoms with Crippen LogP contribution < -0.4 is 5.73 Å². The van der Waals surface area contributed by atoms with Gasteiger partial charge in [-0.25, -0.2) is 0 Å². The first-order chi connectivity index (χ1) is 11.0. The zero-order valence-corrected chi connectivity index (χ0v) is 11.7. The number of carbonyl (C=O) groups excluding carboxylic acids is 1. The molecule has 1 atom stereocenters. The fourth-order valence-corrected chi connectivity index (χ4v) is 2.23. The van der Waals surface area contributed by atoms with Crippen molar-refractivity contribution in [2.75, 3.05) is 0 Å². The minimum absolute atomic E-state index is 0.492. The summed E-state index contributed by atoms with van der Waals surface area (Å²) in [6.45, 7) is 0. The molecule has 2 aromatic rings. The summed E-state index contributed by atoms with van der Waals surface area (Å²) in [5.41, 5.74) is 0.841. The first-order valence-corrected chi connectivity index (χ1v) is 6.36. The molecule has 1 unspecified atom stereocenters. The third-order valence-electron chi connectivity index (χ3n) is 3.18. The molecule has 0 saturated carbocycles. The molecule has 0 bridgehead atoms. The zero-order chi connectivity index (χ0) is 18.1. The maximum atomic E-state index is 13.5. The van der Waals surface area contributed by atoms with Crippen LogP contribution in [0.15, 0.2) is 36.8 Å². The molecule has 2 aromatic heterocycles. The van der Waals surface area contributed by atoms with Gasteiger partial charge in [0.1, 0.15) is 5.92 Å². The van der Waals surface area contributed by atoms with Gasteiger partial charge in [-0.1, -0.05) is 0 Å². The Bertz CT molecular complexity index is 757. The van der Waals surface area contributed by atoms with E-state index in [1.54, 1.807) is 0 Å². The van der Waals surface area contributed by atoms with Gasteiger partial charge in [-0.05, 0) is 23.8 Å². The molecular weight excluding hydrogens is 340 g/mol. The van der Waals surface area contributed by atoms with Gasteiger partial charge in [0, 0.05) is 18.6 Å². The number of nitrogens with two attached hydrogens (primary N) is 1. The van der Waals surface area contributed by atoms with E-state index in [-0.39, 0.29) is 0 Å². The van der Waals surface area contributed by atoms with Crippen LogP contribution in [-0.4, -0.2) is 22.1 Å². The Morgan fingerprint density at radius 3 is 2.29 bits per heavy atom. The standard InChI is InChI=1S/C14H9F6N3O/c15-13(16,17)9-2-1-4-23-11(9)10(14(18,19)20)7-3-5-22-6-8(7)12(21)24/h1-6,10H,(H2,21,24). The molecule has 2 heterocycles. The zero-order valence-electron chi connectivity index (χ0n) is 11.7. The van der Waals surface area contributed by atoms with E-state index in [2.05, 4.69) is 9.97 Å². The second-order valence-corrected chi connectivity index (χ2v) is 4.74. The molecule has 0 saturated heterocycles. The lowest BCUT2D eigenvalue weighted by atomic mass is 9.89. The summed E-state index contributed by atoms with van der Waals surface area (Å²) in [6.07, 6.45) is -7.68. The van der Waals surface area contributed by atoms with Crippen molar-refractivity contribution in [3.05, 3.63) is 59.2 Å². The molecular formula is C14H9F6N3O. The minimum atomic E-state index is -5.14. The summed E-state index contributed by atoms with van der Waals surface area (Å²) in [5, 5.41) is 0. The van der Waals surface area contributed by atoms with Crippen LogP contribution in [0, 0.1) is 0 Å². The molecule has 0 spiro atoms. The molecule has 0 fully saturated rings. The quantitative estimate of drug-likeness (QED) is 0.865. The highest BCUT2D eigenvalue weighted by Gasteiger charge is 2.48. The summed E-state index contributed by atoms with van der Waals surface area (Å²) in [5.74, 6) is -4.02. The minimum Gasteiger partial charge on any atom is -0.366 e. The number of amides is 1. The van der Waals surface area contributed by atoms with E-state index < -0.39 is 46.6 Å². The van der Waals surface area contributed by atoms with E-state index in [9.17, 15) is 31.1 Å². The topological polar surface area (TPSA) is 68.9 Å². The monoisotopic (exact) mass is 349 g/mol. The Balaban J connectivity index is 2.78. The van der Waals surface area contributed by atoms with Crippen molar-refractivity contribution in [2.24, 2.45) is 5.73 Å². The van der Waals surface area contributed by atoms with Gasteiger partial charge in [0.15, 0.2) is 0 Å². The molecule has 1 amide bonds. The van der Waals surface area contributed by atoms with Gasteiger partial charge in [-0.3, -0.25) is 14.8 Å². The van der Waals surface area contributed by atoms with Gasteiger partial charge >= 0.3 is 12.4 Å². The number of rotatable bonds is 3. The highest BCUT2D eigenvalue weighted by Crippen LogP contribution is 2.44. The molecule has 10 heteroatoms. The van der Waals surface area contributed by atoms with E-state index >= 15 is 0 Å². The second-order valence-electron chi connectivity index (χ2n) is 4.74. The van der Waals surface area contributed by atoms with Crippen LogP contribution in [-0.2, 0) is 6.18 Å². The van der Waals surface area contributed by atoms with Crippen molar-refractivity contribution in [3.8, 4) is 0 Å². The second kappa shape index (κ2) is 6.10. The number of nitrogens with zero attached hydrogens (tertiary/aromatic N) is 2. The maximum Gasteiger partial charge on any atom is 0.418 e. The maximum absolute atomic E-state index is 13.5. The van der Waals surface area contributed by atoms with E-state index in [0.29, 0.717) is 6.07 Å². The summed E-state index contributed by atoms with van der Waals surface area (Å²) in [4.78, 5) is 18.1. The average molecular weight is 349 g/mol. The van der Waals surface area contributed by atoms with Gasteiger partial charge in [0.2, 0.25) is 0 Å². The van der Waals surface area contributed by atoms with E-state index in [4.69, 9.17) is 5.73 Å². The fourth-order valence-electron chi connectivity index (χ4n) is 2.23. The number of pyridine rings is 2. The molecule has 2 rings (SSSR count). The molecule has 0 aliphatic carbocycles. The lowest BCUT2D eigenvalue weighted by molar-refractivity contribution is -0.150. The Labute approximate surface area is 131 Å². The lowest BCUT2D eigenvalue weighted by Crippen LogP contribution is -2.28. The number of hydrogen-bond donors (Lipinski definition) is 1. The average Bonchev–Trinajstić information content (AvgIpc) is 2.46. The van der Waals surface area contributed by atoms with Gasteiger partial charge in [-0.15, -0.1) is 0 Å². The fraction of sp³-hybridized carbons (Fsp3) is 0.214. The van der Waals surface area contributed by atoms with Gasteiger partial charge in [0.05, 0.1) is 16.8 Å². The van der Waals surface area contributed by atoms with Crippen molar-refractivity contribution in [1.82, 2.24) is 9.97 Å². The van der Waals surface area contributed by atoms with Crippen molar-refractivity contribution in [3.63, 3.8) is 0 Å². The SMILES string of the molecule is NC(=O)c1cnccc1C(c1ncccc1C(F)(F)F)C(F)(F)F. The van der Waals surface area contributed by atoms with E-state index in [1.807, 2.05) is 0 Å². The smallest absolute Gasteiger partial charge is 0.366 e. The molecule has 0 radical (unpaired) electrons. The molecule has 2 N–H and O–H groups in total. The normalized spacial score (nSPS) is 13.6. The molecule has 24 heavy (non-hydrogen) atoms. The lowest BCUT2D eigenvalue weighted by Gasteiger charge is -2.24. The summed E-state index contributed by atoms with van der Waals surface area (Å²) < 4.78 is 79.8. The van der Waals surface area contributed by atoms with Crippen molar-refractivity contribution >= 4 is 5.91 Å². The van der Waals surface area contributed by atoms with Crippen LogP contribution in [0.3, 0.4) is 0 Å². The Kier molecular flexibility index (Phi) is 4.50. The van der Waals surface area contributed by atoms with Crippen molar-refractivity contribution < 1.29 is 31.1 Å². The third kappa shape index (κ3) is 3.47. The highest BCUT2D eigenvalue weighted by molar-refractivity contribution is 5.94. The molecule has 4 nitrogen and oxygen atoms in total. The van der Waals surface area contributed by atoms with Crippen LogP contribution in [0.1, 0.15) is 33.1 Å². The van der Waals surface area contributed by atoms with Crippen LogP contribution in [0.25, 0.3) is 0 Å². The number of halogens is 6. The molecule has 0 aromatic carbocycles. The van der Waals surface area contributed by atoms with Crippen molar-refractivity contribution in [2.45, 2.75) is 18.3 Å². The van der Waals surface area contributed by atoms with Crippen LogP contribution in [0.5, 0.6) is 0 Å². The Morgan fingerprint density at radius 1 is 1.08 bits per heavy atom. The number of aromatic nitrogens is 2. The molecule has 0 aliphatic heterocycles. The molecule has 0 aliphatic rings. The number of hydrogen-bond acceptors (Lipinski definition) is 3. The first kappa shape index (κ1) is 17.7. The van der Waals surface area contributed by atoms with Crippen LogP contribution >= 0.6 is 0 Å². The van der Waals surface area contributed by atoms with Crippen molar-refractivity contribution in [1.29, 1.82) is 0 Å². The predicted octanol–water partition coefficient (Wildman–Crippen LogP) is 3.29. The van der Waals surface area contributed by atoms with Gasteiger partial charge < -0.3 is 5.73 Å². The largest absolute Gasteiger partial charge is 0.418 e.